The smallest absolute Gasteiger partial charge is 0.332 e. The molecule has 2 aromatic rings. The number of nitrogens with zero attached hydrogens (tertiary/aromatic N) is 4. The molecule has 0 radical (unpaired) electrons. The van der Waals surface area contributed by atoms with Crippen LogP contribution in [0.2, 0.25) is 0 Å². The number of aryl methyl sites for hydroxylation is 2. The summed E-state index contributed by atoms with van der Waals surface area (Å²) in [5.74, 6) is -1.76. The summed E-state index contributed by atoms with van der Waals surface area (Å²) in [6, 6.07) is 1.41. The molecule has 1 amide bonds. The van der Waals surface area contributed by atoms with E-state index < -0.39 is 29.7 Å². The standard InChI is InChI=1S/C14H16N4O5/c1-7-5-8(12(21)16(2)6-9(19)20)15-11-10(7)13(22)18(4)14(23)17(11)3/h5H,6H2,1-4H3,(H,19,20). The summed E-state index contributed by atoms with van der Waals surface area (Å²) in [5.41, 5.74) is -0.505. The molecule has 0 spiro atoms. The second-order valence-electron chi connectivity index (χ2n) is 5.28. The molecule has 0 unspecified atom stereocenters. The van der Waals surface area contributed by atoms with Crippen LogP contribution in [-0.4, -0.2) is 49.6 Å². The molecule has 2 heterocycles. The van der Waals surface area contributed by atoms with Crippen molar-refractivity contribution in [3.05, 3.63) is 38.2 Å². The molecule has 2 rings (SSSR count). The van der Waals surface area contributed by atoms with E-state index in [0.29, 0.717) is 5.56 Å². The maximum absolute atomic E-state index is 12.3. The van der Waals surface area contributed by atoms with E-state index in [1.54, 1.807) is 6.92 Å². The molecule has 0 aliphatic carbocycles. The minimum atomic E-state index is -1.15. The normalized spacial score (nSPS) is 10.8. The number of rotatable bonds is 3. The lowest BCUT2D eigenvalue weighted by atomic mass is 10.1. The number of amides is 1. The van der Waals surface area contributed by atoms with Crippen molar-refractivity contribution in [3.8, 4) is 0 Å². The Balaban J connectivity index is 2.72. The number of carbonyl (C=O) groups is 2. The molecule has 0 bridgehead atoms. The molecular formula is C14H16N4O5. The van der Waals surface area contributed by atoms with Gasteiger partial charge in [0.05, 0.1) is 5.39 Å². The fourth-order valence-electron chi connectivity index (χ4n) is 2.31. The predicted octanol–water partition coefficient (Wildman–Crippen LogP) is -0.903. The molecule has 9 heteroatoms. The quantitative estimate of drug-likeness (QED) is 0.783. The van der Waals surface area contributed by atoms with Crippen molar-refractivity contribution in [1.82, 2.24) is 19.0 Å². The molecule has 122 valence electrons. The van der Waals surface area contributed by atoms with Gasteiger partial charge in [0.2, 0.25) is 0 Å². The molecule has 0 atom stereocenters. The van der Waals surface area contributed by atoms with Crippen molar-refractivity contribution in [2.24, 2.45) is 14.1 Å². The minimum absolute atomic E-state index is 0.0259. The minimum Gasteiger partial charge on any atom is -0.480 e. The van der Waals surface area contributed by atoms with Gasteiger partial charge in [0.25, 0.3) is 11.5 Å². The van der Waals surface area contributed by atoms with E-state index in [0.717, 1.165) is 9.47 Å². The molecule has 9 nitrogen and oxygen atoms in total. The van der Waals surface area contributed by atoms with Gasteiger partial charge in [-0.05, 0) is 18.6 Å². The number of aromatic nitrogens is 3. The van der Waals surface area contributed by atoms with Crippen LogP contribution in [0, 0.1) is 6.92 Å². The summed E-state index contributed by atoms with van der Waals surface area (Å²) < 4.78 is 2.15. The van der Waals surface area contributed by atoms with Crippen LogP contribution >= 0.6 is 0 Å². The Morgan fingerprint density at radius 2 is 1.87 bits per heavy atom. The first-order chi connectivity index (χ1) is 10.6. The van der Waals surface area contributed by atoms with Crippen LogP contribution in [0.4, 0.5) is 0 Å². The van der Waals surface area contributed by atoms with Gasteiger partial charge in [-0.3, -0.25) is 23.5 Å². The van der Waals surface area contributed by atoms with Gasteiger partial charge in [-0.15, -0.1) is 0 Å². The lowest BCUT2D eigenvalue weighted by Gasteiger charge is -2.15. The van der Waals surface area contributed by atoms with E-state index in [1.807, 2.05) is 0 Å². The predicted molar refractivity (Wildman–Crippen MR) is 81.6 cm³/mol. The van der Waals surface area contributed by atoms with Crippen LogP contribution in [0.25, 0.3) is 11.0 Å². The Bertz CT molecular complexity index is 941. The third kappa shape index (κ3) is 2.72. The summed E-state index contributed by atoms with van der Waals surface area (Å²) in [4.78, 5) is 52.2. The fraction of sp³-hybridized carbons (Fsp3) is 0.357. The first-order valence-corrected chi connectivity index (χ1v) is 6.69. The Morgan fingerprint density at radius 1 is 1.26 bits per heavy atom. The number of pyridine rings is 1. The van der Waals surface area contributed by atoms with Crippen molar-refractivity contribution >= 4 is 22.9 Å². The van der Waals surface area contributed by atoms with Gasteiger partial charge in [0, 0.05) is 21.1 Å². The highest BCUT2D eigenvalue weighted by Crippen LogP contribution is 2.13. The Hall–Kier alpha value is -2.97. The van der Waals surface area contributed by atoms with E-state index in [4.69, 9.17) is 5.11 Å². The zero-order valence-corrected chi connectivity index (χ0v) is 13.2. The Labute approximate surface area is 130 Å². The monoisotopic (exact) mass is 320 g/mol. The van der Waals surface area contributed by atoms with Crippen LogP contribution in [0.15, 0.2) is 15.7 Å². The highest BCUT2D eigenvalue weighted by molar-refractivity contribution is 5.96. The summed E-state index contributed by atoms with van der Waals surface area (Å²) in [6.07, 6.45) is 0. The van der Waals surface area contributed by atoms with Crippen molar-refractivity contribution < 1.29 is 14.7 Å². The zero-order chi connectivity index (χ0) is 17.5. The Kier molecular flexibility index (Phi) is 4.04. The molecule has 23 heavy (non-hydrogen) atoms. The topological polar surface area (TPSA) is 114 Å². The average Bonchev–Trinajstić information content (AvgIpc) is 2.48. The van der Waals surface area contributed by atoms with Crippen LogP contribution in [0.3, 0.4) is 0 Å². The number of likely N-dealkylation sites (N-methyl/N-ethyl adjacent to an activating group) is 1. The number of hydrogen-bond donors (Lipinski definition) is 1. The van der Waals surface area contributed by atoms with Crippen LogP contribution in [-0.2, 0) is 18.9 Å². The van der Waals surface area contributed by atoms with E-state index >= 15 is 0 Å². The highest BCUT2D eigenvalue weighted by atomic mass is 16.4. The number of fused-ring (bicyclic) bond motifs is 1. The molecule has 1 N–H and O–H groups in total. The van der Waals surface area contributed by atoms with Crippen molar-refractivity contribution in [3.63, 3.8) is 0 Å². The lowest BCUT2D eigenvalue weighted by Crippen LogP contribution is -2.38. The summed E-state index contributed by atoms with van der Waals surface area (Å²) >= 11 is 0. The maximum Gasteiger partial charge on any atom is 0.332 e. The van der Waals surface area contributed by atoms with Crippen molar-refractivity contribution in [2.75, 3.05) is 13.6 Å². The Morgan fingerprint density at radius 3 is 2.43 bits per heavy atom. The van der Waals surface area contributed by atoms with E-state index in [-0.39, 0.29) is 16.7 Å². The van der Waals surface area contributed by atoms with Gasteiger partial charge in [0.15, 0.2) is 0 Å². The zero-order valence-electron chi connectivity index (χ0n) is 13.2. The number of carboxylic acid groups (broad SMARTS) is 1. The van der Waals surface area contributed by atoms with E-state index in [2.05, 4.69) is 4.98 Å². The number of aliphatic carboxylic acids is 1. The highest BCUT2D eigenvalue weighted by Gasteiger charge is 2.20. The van der Waals surface area contributed by atoms with Crippen LogP contribution < -0.4 is 11.2 Å². The molecule has 0 aromatic carbocycles. The number of carboxylic acids is 1. The third-order valence-electron chi connectivity index (χ3n) is 3.55. The van der Waals surface area contributed by atoms with Gasteiger partial charge >= 0.3 is 11.7 Å². The second kappa shape index (κ2) is 5.67. The number of hydrogen-bond acceptors (Lipinski definition) is 5. The SMILES string of the molecule is Cc1cc(C(=O)N(C)CC(=O)O)nc2c1c(=O)n(C)c(=O)n2C. The third-order valence-corrected chi connectivity index (χ3v) is 3.55. The number of carbonyl (C=O) groups excluding carboxylic acids is 1. The van der Waals surface area contributed by atoms with Crippen molar-refractivity contribution in [2.45, 2.75) is 6.92 Å². The van der Waals surface area contributed by atoms with Gasteiger partial charge in [-0.2, -0.15) is 0 Å². The first-order valence-electron chi connectivity index (χ1n) is 6.69. The summed E-state index contributed by atoms with van der Waals surface area (Å²) in [7, 11) is 4.15. The van der Waals surface area contributed by atoms with Crippen molar-refractivity contribution in [1.29, 1.82) is 0 Å². The van der Waals surface area contributed by atoms with E-state index in [9.17, 15) is 19.2 Å². The first kappa shape index (κ1) is 16.4. The molecular weight excluding hydrogens is 304 g/mol. The van der Waals surface area contributed by atoms with Crippen LogP contribution in [0.1, 0.15) is 16.1 Å². The lowest BCUT2D eigenvalue weighted by molar-refractivity contribution is -0.137. The van der Waals surface area contributed by atoms with Gasteiger partial charge < -0.3 is 10.0 Å². The molecule has 0 aliphatic rings. The largest absolute Gasteiger partial charge is 0.480 e. The molecule has 0 saturated heterocycles. The average molecular weight is 320 g/mol. The van der Waals surface area contributed by atoms with Gasteiger partial charge in [-0.25, -0.2) is 9.78 Å². The van der Waals surface area contributed by atoms with Gasteiger partial charge in [0.1, 0.15) is 17.9 Å². The van der Waals surface area contributed by atoms with E-state index in [1.165, 1.54) is 31.8 Å². The molecule has 0 fully saturated rings. The fourth-order valence-corrected chi connectivity index (χ4v) is 2.31. The molecule has 0 saturated carbocycles. The second-order valence-corrected chi connectivity index (χ2v) is 5.28. The molecule has 0 aliphatic heterocycles. The van der Waals surface area contributed by atoms with Gasteiger partial charge in [-0.1, -0.05) is 0 Å². The van der Waals surface area contributed by atoms with Crippen LogP contribution in [0.5, 0.6) is 0 Å². The molecule has 2 aromatic heterocycles. The maximum atomic E-state index is 12.3. The summed E-state index contributed by atoms with van der Waals surface area (Å²) in [6.45, 7) is 1.15. The summed E-state index contributed by atoms with van der Waals surface area (Å²) in [5, 5.41) is 8.99.